The fraction of sp³-hybridized carbons (Fsp3) is 0.889. The van der Waals surface area contributed by atoms with Gasteiger partial charge in [0.15, 0.2) is 0 Å². The molecule has 2 aliphatic rings. The summed E-state index contributed by atoms with van der Waals surface area (Å²) < 4.78 is 5.43. The zero-order chi connectivity index (χ0) is 6.97. The molecule has 0 spiro atoms. The first-order valence-electron chi connectivity index (χ1n) is 4.39. The van der Waals surface area contributed by atoms with Crippen LogP contribution in [0.3, 0.4) is 0 Å². The lowest BCUT2D eigenvalue weighted by atomic mass is 9.86. The lowest BCUT2D eigenvalue weighted by Crippen LogP contribution is -2.10. The van der Waals surface area contributed by atoms with Crippen molar-refractivity contribution in [3.63, 3.8) is 0 Å². The van der Waals surface area contributed by atoms with Crippen molar-refractivity contribution >= 4 is 0 Å². The Bertz CT molecular complexity index is 122. The third kappa shape index (κ3) is 1.20. The topological polar surface area (TPSA) is 12.5 Å². The summed E-state index contributed by atoms with van der Waals surface area (Å²) in [6.45, 7) is 2.26. The fourth-order valence-corrected chi connectivity index (χ4v) is 1.93. The first kappa shape index (κ1) is 6.66. The molecule has 1 nitrogen and oxygen atoms in total. The Hall–Kier alpha value is -0.0400. The highest BCUT2D eigenvalue weighted by atomic mass is 16.6. The van der Waals surface area contributed by atoms with Gasteiger partial charge in [-0.25, -0.2) is 0 Å². The van der Waals surface area contributed by atoms with Gasteiger partial charge < -0.3 is 4.74 Å². The van der Waals surface area contributed by atoms with Crippen molar-refractivity contribution in [2.75, 3.05) is 0 Å². The second-order valence-corrected chi connectivity index (χ2v) is 3.46. The van der Waals surface area contributed by atoms with Crippen molar-refractivity contribution in [3.05, 3.63) is 5.92 Å². The van der Waals surface area contributed by atoms with E-state index in [9.17, 15) is 0 Å². The van der Waals surface area contributed by atoms with Crippen molar-refractivity contribution in [1.29, 1.82) is 0 Å². The molecular formula is C9H15O. The number of hydrogen-bond donors (Lipinski definition) is 0. The first-order valence-corrected chi connectivity index (χ1v) is 4.39. The summed E-state index contributed by atoms with van der Waals surface area (Å²) in [5.74, 6) is 1.75. The van der Waals surface area contributed by atoms with Crippen LogP contribution >= 0.6 is 0 Å². The normalized spacial score (nSPS) is 39.3. The smallest absolute Gasteiger partial charge is 0.0847 e. The highest BCUT2D eigenvalue weighted by Crippen LogP contribution is 2.41. The Balaban J connectivity index is 1.77. The van der Waals surface area contributed by atoms with Crippen LogP contribution in [0.5, 0.6) is 0 Å². The molecule has 1 heterocycles. The molecule has 1 saturated heterocycles. The lowest BCUT2D eigenvalue weighted by Gasteiger charge is -2.16. The van der Waals surface area contributed by atoms with Gasteiger partial charge in [-0.2, -0.15) is 0 Å². The summed E-state index contributed by atoms with van der Waals surface area (Å²) in [7, 11) is 0. The molecule has 0 aromatic heterocycles. The van der Waals surface area contributed by atoms with E-state index in [0.29, 0.717) is 12.2 Å². The van der Waals surface area contributed by atoms with Crippen molar-refractivity contribution in [2.45, 2.75) is 51.2 Å². The van der Waals surface area contributed by atoms with E-state index < -0.39 is 0 Å². The summed E-state index contributed by atoms with van der Waals surface area (Å²) >= 11 is 0. The molecule has 1 heteroatoms. The maximum Gasteiger partial charge on any atom is 0.0847 e. The molecule has 57 valence electrons. The van der Waals surface area contributed by atoms with E-state index in [1.165, 1.54) is 32.1 Å². The van der Waals surface area contributed by atoms with E-state index in [0.717, 1.165) is 0 Å². The summed E-state index contributed by atoms with van der Waals surface area (Å²) in [5.41, 5.74) is 0. The molecule has 2 atom stereocenters. The molecule has 1 aliphatic carbocycles. The molecule has 2 rings (SSSR count). The summed E-state index contributed by atoms with van der Waals surface area (Å²) in [5, 5.41) is 0. The predicted molar refractivity (Wildman–Crippen MR) is 40.7 cm³/mol. The summed E-state index contributed by atoms with van der Waals surface area (Å²) in [6.07, 6.45) is 7.89. The third-order valence-corrected chi connectivity index (χ3v) is 2.56. The monoisotopic (exact) mass is 139 g/mol. The van der Waals surface area contributed by atoms with Crippen LogP contribution in [0.2, 0.25) is 0 Å². The SMILES string of the molecule is CCC[C]1CCC2OC2C1. The average molecular weight is 139 g/mol. The zero-order valence-corrected chi connectivity index (χ0v) is 6.60. The Kier molecular flexibility index (Phi) is 1.69. The van der Waals surface area contributed by atoms with E-state index in [-0.39, 0.29) is 0 Å². The maximum atomic E-state index is 5.43. The van der Waals surface area contributed by atoms with Crippen molar-refractivity contribution < 1.29 is 4.74 Å². The van der Waals surface area contributed by atoms with Gasteiger partial charge in [0.1, 0.15) is 0 Å². The standard InChI is InChI=1S/C9H15O/c1-2-3-7-4-5-8-9(6-7)10-8/h8-9H,2-6H2,1H3. The molecule has 1 aliphatic heterocycles. The van der Waals surface area contributed by atoms with Crippen LogP contribution in [0.1, 0.15) is 39.0 Å². The van der Waals surface area contributed by atoms with Crippen molar-refractivity contribution in [3.8, 4) is 0 Å². The van der Waals surface area contributed by atoms with Gasteiger partial charge in [0.05, 0.1) is 12.2 Å². The number of hydrogen-bond acceptors (Lipinski definition) is 1. The summed E-state index contributed by atoms with van der Waals surface area (Å²) in [6, 6.07) is 0. The van der Waals surface area contributed by atoms with Crippen molar-refractivity contribution in [1.82, 2.24) is 0 Å². The van der Waals surface area contributed by atoms with Crippen LogP contribution in [-0.4, -0.2) is 12.2 Å². The Morgan fingerprint density at radius 1 is 1.50 bits per heavy atom. The minimum absolute atomic E-state index is 0.648. The molecule has 10 heavy (non-hydrogen) atoms. The van der Waals surface area contributed by atoms with Crippen LogP contribution in [0.15, 0.2) is 0 Å². The van der Waals surface area contributed by atoms with Gasteiger partial charge in [0.25, 0.3) is 0 Å². The van der Waals surface area contributed by atoms with E-state index in [1.54, 1.807) is 5.92 Å². The molecule has 2 unspecified atom stereocenters. The fourth-order valence-electron chi connectivity index (χ4n) is 1.93. The van der Waals surface area contributed by atoms with Crippen LogP contribution < -0.4 is 0 Å². The van der Waals surface area contributed by atoms with Crippen LogP contribution in [0, 0.1) is 5.92 Å². The van der Waals surface area contributed by atoms with Crippen molar-refractivity contribution in [2.24, 2.45) is 0 Å². The highest BCUT2D eigenvalue weighted by Gasteiger charge is 2.43. The number of rotatable bonds is 2. The van der Waals surface area contributed by atoms with Crippen LogP contribution in [0.25, 0.3) is 0 Å². The lowest BCUT2D eigenvalue weighted by molar-refractivity contribution is 0.373. The summed E-state index contributed by atoms with van der Waals surface area (Å²) in [4.78, 5) is 0. The van der Waals surface area contributed by atoms with Crippen LogP contribution in [0.4, 0.5) is 0 Å². The first-order chi connectivity index (χ1) is 4.90. The van der Waals surface area contributed by atoms with Gasteiger partial charge in [-0.3, -0.25) is 0 Å². The molecule has 0 bridgehead atoms. The molecule has 0 aromatic carbocycles. The molecule has 0 N–H and O–H groups in total. The van der Waals surface area contributed by atoms with E-state index in [4.69, 9.17) is 4.74 Å². The zero-order valence-electron chi connectivity index (χ0n) is 6.60. The van der Waals surface area contributed by atoms with Gasteiger partial charge in [-0.05, 0) is 31.6 Å². The van der Waals surface area contributed by atoms with E-state index >= 15 is 0 Å². The number of fused-ring (bicyclic) bond motifs is 1. The minimum Gasteiger partial charge on any atom is -0.370 e. The molecule has 2 fully saturated rings. The third-order valence-electron chi connectivity index (χ3n) is 2.56. The van der Waals surface area contributed by atoms with Gasteiger partial charge in [-0.1, -0.05) is 13.3 Å². The Labute approximate surface area is 62.8 Å². The van der Waals surface area contributed by atoms with E-state index in [1.807, 2.05) is 0 Å². The molecule has 1 saturated carbocycles. The Morgan fingerprint density at radius 2 is 2.40 bits per heavy atom. The second-order valence-electron chi connectivity index (χ2n) is 3.46. The number of ether oxygens (including phenoxy) is 1. The molecule has 0 aromatic rings. The maximum absolute atomic E-state index is 5.43. The molecule has 1 radical (unpaired) electrons. The second kappa shape index (κ2) is 2.54. The average Bonchev–Trinajstić information content (AvgIpc) is 2.66. The Morgan fingerprint density at radius 3 is 3.10 bits per heavy atom. The molecular weight excluding hydrogens is 124 g/mol. The quantitative estimate of drug-likeness (QED) is 0.535. The van der Waals surface area contributed by atoms with Gasteiger partial charge in [-0.15, -0.1) is 0 Å². The predicted octanol–water partition coefficient (Wildman–Crippen LogP) is 2.31. The van der Waals surface area contributed by atoms with Crippen LogP contribution in [-0.2, 0) is 4.74 Å². The highest BCUT2D eigenvalue weighted by molar-refractivity contribution is 5.04. The van der Waals surface area contributed by atoms with Gasteiger partial charge in [0.2, 0.25) is 0 Å². The number of epoxide rings is 1. The molecule has 0 amide bonds. The van der Waals surface area contributed by atoms with E-state index in [2.05, 4.69) is 6.92 Å². The van der Waals surface area contributed by atoms with Gasteiger partial charge >= 0.3 is 0 Å². The minimum atomic E-state index is 0.648. The largest absolute Gasteiger partial charge is 0.370 e. The van der Waals surface area contributed by atoms with Gasteiger partial charge in [0, 0.05) is 0 Å².